The Balaban J connectivity index is 1.94. The fourth-order valence-electron chi connectivity index (χ4n) is 1.92. The zero-order chi connectivity index (χ0) is 13.2. The van der Waals surface area contributed by atoms with Gasteiger partial charge >= 0.3 is 0 Å². The van der Waals surface area contributed by atoms with Crippen LogP contribution in [0.4, 0.5) is 0 Å². The van der Waals surface area contributed by atoms with E-state index in [2.05, 4.69) is 39.1 Å². The number of hydrogen-bond donors (Lipinski definition) is 0. The molecule has 0 saturated carbocycles. The molecule has 0 aliphatic rings. The van der Waals surface area contributed by atoms with E-state index in [1.54, 1.807) is 6.20 Å². The number of rotatable bonds is 2. The van der Waals surface area contributed by atoms with E-state index in [1.807, 2.05) is 37.3 Å². The smallest absolute Gasteiger partial charge is 0.219 e. The summed E-state index contributed by atoms with van der Waals surface area (Å²) in [6.45, 7) is 2.01. The quantitative estimate of drug-likeness (QED) is 0.656. The second kappa shape index (κ2) is 5.02. The van der Waals surface area contributed by atoms with Crippen molar-refractivity contribution in [1.82, 2.24) is 4.98 Å². The van der Waals surface area contributed by atoms with E-state index in [0.29, 0.717) is 5.88 Å². The molecule has 0 N–H and O–H groups in total. The number of benzene rings is 2. The maximum Gasteiger partial charge on any atom is 0.219 e. The van der Waals surface area contributed by atoms with Gasteiger partial charge in [0.05, 0.1) is 0 Å². The first-order valence-electron chi connectivity index (χ1n) is 6.01. The molecule has 0 aliphatic carbocycles. The third-order valence-electron chi connectivity index (χ3n) is 2.97. The predicted octanol–water partition coefficient (Wildman–Crippen LogP) is 5.10. The molecule has 0 amide bonds. The molecule has 3 aromatic rings. The first-order valence-corrected chi connectivity index (χ1v) is 6.80. The van der Waals surface area contributed by atoms with Gasteiger partial charge in [0.25, 0.3) is 0 Å². The molecule has 0 fully saturated rings. The maximum absolute atomic E-state index is 5.79. The first-order chi connectivity index (χ1) is 9.22. The Morgan fingerprint density at radius 1 is 1.00 bits per heavy atom. The van der Waals surface area contributed by atoms with E-state index in [1.165, 1.54) is 5.39 Å². The van der Waals surface area contributed by atoms with Gasteiger partial charge in [-0.15, -0.1) is 0 Å². The van der Waals surface area contributed by atoms with E-state index in [4.69, 9.17) is 4.74 Å². The number of aryl methyl sites for hydroxylation is 1. The fraction of sp³-hybridized carbons (Fsp3) is 0.0625. The average Bonchev–Trinajstić information content (AvgIpc) is 2.43. The predicted molar refractivity (Wildman–Crippen MR) is 80.7 cm³/mol. The van der Waals surface area contributed by atoms with E-state index >= 15 is 0 Å². The second-order valence-corrected chi connectivity index (χ2v) is 5.24. The van der Waals surface area contributed by atoms with Crippen molar-refractivity contribution in [2.24, 2.45) is 0 Å². The average molecular weight is 314 g/mol. The Labute approximate surface area is 120 Å². The van der Waals surface area contributed by atoms with Crippen LogP contribution in [0.1, 0.15) is 5.56 Å². The summed E-state index contributed by atoms with van der Waals surface area (Å²) in [5.41, 5.74) is 1.10. The molecule has 0 unspecified atom stereocenters. The summed E-state index contributed by atoms with van der Waals surface area (Å²) in [7, 11) is 0. The molecular weight excluding hydrogens is 302 g/mol. The molecule has 0 bridgehead atoms. The summed E-state index contributed by atoms with van der Waals surface area (Å²) in [4.78, 5) is 4.25. The third kappa shape index (κ3) is 2.61. The van der Waals surface area contributed by atoms with Gasteiger partial charge in [-0.05, 0) is 51.3 Å². The molecule has 0 saturated heterocycles. The largest absolute Gasteiger partial charge is 0.439 e. The Kier molecular flexibility index (Phi) is 3.22. The lowest BCUT2D eigenvalue weighted by Crippen LogP contribution is -1.89. The van der Waals surface area contributed by atoms with Crippen LogP contribution in [0, 0.1) is 6.92 Å². The van der Waals surface area contributed by atoms with Gasteiger partial charge in [-0.3, -0.25) is 0 Å². The van der Waals surface area contributed by atoms with Crippen molar-refractivity contribution in [2.45, 2.75) is 6.92 Å². The van der Waals surface area contributed by atoms with Crippen LogP contribution in [0.5, 0.6) is 11.6 Å². The summed E-state index contributed by atoms with van der Waals surface area (Å²) < 4.78 is 6.77. The molecule has 19 heavy (non-hydrogen) atoms. The summed E-state index contributed by atoms with van der Waals surface area (Å²) >= 11 is 3.43. The van der Waals surface area contributed by atoms with Gasteiger partial charge in [0.1, 0.15) is 5.75 Å². The van der Waals surface area contributed by atoms with E-state index in [9.17, 15) is 0 Å². The molecule has 2 nitrogen and oxygen atoms in total. The van der Waals surface area contributed by atoms with Crippen LogP contribution in [-0.2, 0) is 0 Å². The van der Waals surface area contributed by atoms with Crippen molar-refractivity contribution in [3.05, 3.63) is 64.8 Å². The van der Waals surface area contributed by atoms with Gasteiger partial charge in [-0.2, -0.15) is 0 Å². The van der Waals surface area contributed by atoms with Gasteiger partial charge in [-0.1, -0.05) is 30.3 Å². The van der Waals surface area contributed by atoms with Crippen LogP contribution in [-0.4, -0.2) is 4.98 Å². The SMILES string of the molecule is Cc1cc(Oc2ccc3ccccc3c2)ncc1Br. The summed E-state index contributed by atoms with van der Waals surface area (Å²) in [5.74, 6) is 1.41. The van der Waals surface area contributed by atoms with Gasteiger partial charge in [0, 0.05) is 16.7 Å². The molecule has 2 aromatic carbocycles. The minimum absolute atomic E-state index is 0.607. The number of hydrogen-bond acceptors (Lipinski definition) is 2. The maximum atomic E-state index is 5.79. The van der Waals surface area contributed by atoms with Crippen LogP contribution >= 0.6 is 15.9 Å². The van der Waals surface area contributed by atoms with E-state index < -0.39 is 0 Å². The molecule has 0 radical (unpaired) electrons. The highest BCUT2D eigenvalue weighted by molar-refractivity contribution is 9.10. The zero-order valence-corrected chi connectivity index (χ0v) is 12.0. The topological polar surface area (TPSA) is 22.1 Å². The Hall–Kier alpha value is -1.87. The lowest BCUT2D eigenvalue weighted by atomic mass is 10.1. The van der Waals surface area contributed by atoms with Crippen molar-refractivity contribution < 1.29 is 4.74 Å². The Morgan fingerprint density at radius 3 is 2.58 bits per heavy atom. The monoisotopic (exact) mass is 313 g/mol. The van der Waals surface area contributed by atoms with Crippen LogP contribution < -0.4 is 4.74 Å². The summed E-state index contributed by atoms with van der Waals surface area (Å²) in [6.07, 6.45) is 1.76. The lowest BCUT2D eigenvalue weighted by Gasteiger charge is -2.07. The number of pyridine rings is 1. The van der Waals surface area contributed by atoms with Crippen molar-refractivity contribution in [3.63, 3.8) is 0 Å². The van der Waals surface area contributed by atoms with E-state index in [0.717, 1.165) is 21.2 Å². The van der Waals surface area contributed by atoms with Gasteiger partial charge in [0.2, 0.25) is 5.88 Å². The van der Waals surface area contributed by atoms with Crippen molar-refractivity contribution in [2.75, 3.05) is 0 Å². The Morgan fingerprint density at radius 2 is 1.79 bits per heavy atom. The normalized spacial score (nSPS) is 10.6. The molecule has 1 heterocycles. The lowest BCUT2D eigenvalue weighted by molar-refractivity contribution is 0.463. The highest BCUT2D eigenvalue weighted by Gasteiger charge is 2.02. The molecular formula is C16H12BrNO. The number of aromatic nitrogens is 1. The summed E-state index contributed by atoms with van der Waals surface area (Å²) in [5, 5.41) is 2.36. The van der Waals surface area contributed by atoms with Crippen LogP contribution in [0.25, 0.3) is 10.8 Å². The van der Waals surface area contributed by atoms with Crippen LogP contribution in [0.2, 0.25) is 0 Å². The van der Waals surface area contributed by atoms with Crippen molar-refractivity contribution >= 4 is 26.7 Å². The number of nitrogens with zero attached hydrogens (tertiary/aromatic N) is 1. The highest BCUT2D eigenvalue weighted by atomic mass is 79.9. The molecule has 3 rings (SSSR count). The molecule has 1 aromatic heterocycles. The minimum Gasteiger partial charge on any atom is -0.439 e. The number of ether oxygens (including phenoxy) is 1. The molecule has 3 heteroatoms. The van der Waals surface area contributed by atoms with Gasteiger partial charge < -0.3 is 4.74 Å². The fourth-order valence-corrected chi connectivity index (χ4v) is 2.14. The van der Waals surface area contributed by atoms with Crippen LogP contribution in [0.3, 0.4) is 0 Å². The van der Waals surface area contributed by atoms with Gasteiger partial charge in [-0.25, -0.2) is 4.98 Å². The second-order valence-electron chi connectivity index (χ2n) is 4.38. The minimum atomic E-state index is 0.607. The van der Waals surface area contributed by atoms with Crippen molar-refractivity contribution in [1.29, 1.82) is 0 Å². The standard InChI is InChI=1S/C16H12BrNO/c1-11-8-16(18-10-15(11)17)19-14-7-6-12-4-2-3-5-13(12)9-14/h2-10H,1H3. The molecule has 0 aliphatic heterocycles. The van der Waals surface area contributed by atoms with Gasteiger partial charge in [0.15, 0.2) is 0 Å². The Bertz CT molecular complexity index is 740. The van der Waals surface area contributed by atoms with E-state index in [-0.39, 0.29) is 0 Å². The molecule has 0 spiro atoms. The highest BCUT2D eigenvalue weighted by Crippen LogP contribution is 2.26. The number of fused-ring (bicyclic) bond motifs is 1. The van der Waals surface area contributed by atoms with Crippen molar-refractivity contribution in [3.8, 4) is 11.6 Å². The molecule has 94 valence electrons. The zero-order valence-electron chi connectivity index (χ0n) is 10.4. The molecule has 0 atom stereocenters. The number of halogens is 1. The summed E-state index contributed by atoms with van der Waals surface area (Å²) in [6, 6.07) is 16.2. The third-order valence-corrected chi connectivity index (χ3v) is 3.80. The first kappa shape index (κ1) is 12.2. The van der Waals surface area contributed by atoms with Crippen LogP contribution in [0.15, 0.2) is 59.2 Å².